The largest absolute Gasteiger partial charge is 0.467 e. The van der Waals surface area contributed by atoms with E-state index in [1.165, 1.54) is 12.0 Å². The van der Waals surface area contributed by atoms with Crippen molar-refractivity contribution >= 4 is 44.8 Å². The summed E-state index contributed by atoms with van der Waals surface area (Å²) in [7, 11) is 1.27. The van der Waals surface area contributed by atoms with Gasteiger partial charge in [-0.1, -0.05) is 22.0 Å². The molecule has 0 aliphatic carbocycles. The second-order valence-corrected chi connectivity index (χ2v) is 8.82. The third-order valence-electron chi connectivity index (χ3n) is 4.59. The molecule has 1 aliphatic rings. The predicted octanol–water partition coefficient (Wildman–Crippen LogP) is 3.21. The molecule has 2 N–H and O–H groups in total. The lowest BCUT2D eigenvalue weighted by Gasteiger charge is -2.27. The van der Waals surface area contributed by atoms with Crippen LogP contribution in [0.1, 0.15) is 37.7 Å². The van der Waals surface area contributed by atoms with Crippen LogP contribution in [-0.2, 0) is 14.3 Å². The maximum Gasteiger partial charge on any atom is 0.411 e. The van der Waals surface area contributed by atoms with Gasteiger partial charge < -0.3 is 19.8 Å². The van der Waals surface area contributed by atoms with Crippen molar-refractivity contribution in [3.05, 3.63) is 34.4 Å². The van der Waals surface area contributed by atoms with Crippen molar-refractivity contribution in [2.24, 2.45) is 0 Å². The second kappa shape index (κ2) is 8.06. The number of carbonyl (C=O) groups excluding carboxylic acids is 3. The maximum absolute atomic E-state index is 12.7. The summed E-state index contributed by atoms with van der Waals surface area (Å²) in [6.07, 6.45) is -0.360. The quantitative estimate of drug-likeness (QED) is 0.677. The van der Waals surface area contributed by atoms with Gasteiger partial charge in [0.1, 0.15) is 17.3 Å². The Morgan fingerprint density at radius 3 is 2.62 bits per heavy atom. The van der Waals surface area contributed by atoms with E-state index in [9.17, 15) is 14.4 Å². The summed E-state index contributed by atoms with van der Waals surface area (Å²) in [4.78, 5) is 41.8. The molecule has 0 saturated carbocycles. The molecule has 0 unspecified atom stereocenters. The van der Waals surface area contributed by atoms with E-state index in [-0.39, 0.29) is 18.9 Å². The highest BCUT2D eigenvalue weighted by atomic mass is 79.9. The summed E-state index contributed by atoms with van der Waals surface area (Å²) < 4.78 is 11.1. The van der Waals surface area contributed by atoms with Gasteiger partial charge in [0, 0.05) is 34.4 Å². The molecule has 1 fully saturated rings. The molecule has 156 valence electrons. The van der Waals surface area contributed by atoms with Gasteiger partial charge in [-0.3, -0.25) is 9.69 Å². The Labute approximate surface area is 177 Å². The van der Waals surface area contributed by atoms with Crippen LogP contribution in [-0.4, -0.2) is 59.2 Å². The van der Waals surface area contributed by atoms with Crippen molar-refractivity contribution in [3.63, 3.8) is 0 Å². The standard InChI is InChI=1S/C20H24BrN3O5/c1-20(2,3)29-19(27)24-10-11(8-16(24)18(26)28-4)22-17(25)15-9-12-13(21)6-5-7-14(12)23-15/h5-7,9,11,16,23H,8,10H2,1-4H3,(H,22,25)/t11-,16+/m1/s1. The number of aromatic nitrogens is 1. The Morgan fingerprint density at radius 1 is 1.28 bits per heavy atom. The highest BCUT2D eigenvalue weighted by molar-refractivity contribution is 9.10. The van der Waals surface area contributed by atoms with Gasteiger partial charge in [0.05, 0.1) is 7.11 Å². The van der Waals surface area contributed by atoms with Gasteiger partial charge in [0.15, 0.2) is 0 Å². The first-order valence-electron chi connectivity index (χ1n) is 9.24. The van der Waals surface area contributed by atoms with Crippen LogP contribution >= 0.6 is 15.9 Å². The lowest BCUT2D eigenvalue weighted by atomic mass is 10.1. The number of H-pyrrole nitrogens is 1. The molecule has 2 amide bonds. The zero-order chi connectivity index (χ0) is 21.3. The van der Waals surface area contributed by atoms with Crippen LogP contribution in [0.5, 0.6) is 0 Å². The predicted molar refractivity (Wildman–Crippen MR) is 111 cm³/mol. The van der Waals surface area contributed by atoms with E-state index >= 15 is 0 Å². The van der Waals surface area contributed by atoms with Gasteiger partial charge in [0.25, 0.3) is 5.91 Å². The Balaban J connectivity index is 1.74. The summed E-state index contributed by atoms with van der Waals surface area (Å²) in [5, 5.41) is 3.78. The smallest absolute Gasteiger partial charge is 0.411 e. The number of hydrogen-bond donors (Lipinski definition) is 2. The first-order chi connectivity index (χ1) is 13.6. The third-order valence-corrected chi connectivity index (χ3v) is 5.28. The van der Waals surface area contributed by atoms with Crippen LogP contribution < -0.4 is 5.32 Å². The van der Waals surface area contributed by atoms with Gasteiger partial charge in [-0.25, -0.2) is 9.59 Å². The molecule has 1 aliphatic heterocycles. The molecule has 2 aromatic rings. The number of rotatable bonds is 3. The molecule has 1 aromatic heterocycles. The van der Waals surface area contributed by atoms with E-state index < -0.39 is 29.7 Å². The molecular formula is C20H24BrN3O5. The van der Waals surface area contributed by atoms with Crippen molar-refractivity contribution in [2.75, 3.05) is 13.7 Å². The molecule has 1 saturated heterocycles. The Bertz CT molecular complexity index is 949. The summed E-state index contributed by atoms with van der Waals surface area (Å²) in [5.41, 5.74) is 0.535. The van der Waals surface area contributed by atoms with E-state index in [0.29, 0.717) is 5.69 Å². The van der Waals surface area contributed by atoms with Gasteiger partial charge in [-0.15, -0.1) is 0 Å². The summed E-state index contributed by atoms with van der Waals surface area (Å²) in [6.45, 7) is 5.41. The summed E-state index contributed by atoms with van der Waals surface area (Å²) in [6, 6.07) is 6.19. The van der Waals surface area contributed by atoms with Crippen molar-refractivity contribution in [3.8, 4) is 0 Å². The fourth-order valence-corrected chi connectivity index (χ4v) is 3.81. The van der Waals surface area contributed by atoms with Crippen LogP contribution in [0.3, 0.4) is 0 Å². The number of aromatic amines is 1. The minimum absolute atomic E-state index is 0.157. The number of nitrogens with one attached hydrogen (secondary N) is 2. The number of amides is 2. The number of methoxy groups -OCH3 is 1. The van der Waals surface area contributed by atoms with Gasteiger partial charge in [-0.2, -0.15) is 0 Å². The number of halogens is 1. The molecule has 2 heterocycles. The van der Waals surface area contributed by atoms with E-state index in [1.54, 1.807) is 26.8 Å². The number of likely N-dealkylation sites (tertiary alicyclic amines) is 1. The number of hydrogen-bond acceptors (Lipinski definition) is 5. The number of esters is 1. The molecule has 29 heavy (non-hydrogen) atoms. The fourth-order valence-electron chi connectivity index (χ4n) is 3.33. The van der Waals surface area contributed by atoms with Crippen LogP contribution in [0.4, 0.5) is 4.79 Å². The molecule has 8 nitrogen and oxygen atoms in total. The fraction of sp³-hybridized carbons (Fsp3) is 0.450. The van der Waals surface area contributed by atoms with Crippen molar-refractivity contribution in [2.45, 2.75) is 44.9 Å². The number of benzene rings is 1. The maximum atomic E-state index is 12.7. The highest BCUT2D eigenvalue weighted by Gasteiger charge is 2.42. The third kappa shape index (κ3) is 4.72. The first-order valence-corrected chi connectivity index (χ1v) is 10.0. The Morgan fingerprint density at radius 2 is 2.00 bits per heavy atom. The zero-order valence-electron chi connectivity index (χ0n) is 16.7. The molecule has 0 bridgehead atoms. The minimum Gasteiger partial charge on any atom is -0.467 e. The highest BCUT2D eigenvalue weighted by Crippen LogP contribution is 2.26. The zero-order valence-corrected chi connectivity index (χ0v) is 18.3. The molecule has 0 radical (unpaired) electrons. The molecule has 3 rings (SSSR count). The number of fused-ring (bicyclic) bond motifs is 1. The van der Waals surface area contributed by atoms with Gasteiger partial charge in [0.2, 0.25) is 0 Å². The Hall–Kier alpha value is -2.55. The van der Waals surface area contributed by atoms with Gasteiger partial charge >= 0.3 is 12.1 Å². The molecular weight excluding hydrogens is 442 g/mol. The van der Waals surface area contributed by atoms with Gasteiger partial charge in [-0.05, 0) is 39.0 Å². The average Bonchev–Trinajstić information content (AvgIpc) is 3.25. The number of ether oxygens (including phenoxy) is 2. The molecule has 9 heteroatoms. The average molecular weight is 466 g/mol. The SMILES string of the molecule is COC(=O)[C@@H]1C[C@@H](NC(=O)c2cc3c(Br)cccc3[nH]2)CN1C(=O)OC(C)(C)C. The van der Waals surface area contributed by atoms with Crippen LogP contribution in [0.2, 0.25) is 0 Å². The topological polar surface area (TPSA) is 101 Å². The molecule has 2 atom stereocenters. The van der Waals surface area contributed by atoms with Crippen LogP contribution in [0.25, 0.3) is 10.9 Å². The lowest BCUT2D eigenvalue weighted by Crippen LogP contribution is -2.44. The molecule has 0 spiro atoms. The first kappa shape index (κ1) is 21.2. The normalized spacial score (nSPS) is 19.3. The second-order valence-electron chi connectivity index (χ2n) is 7.96. The van der Waals surface area contributed by atoms with Crippen LogP contribution in [0.15, 0.2) is 28.7 Å². The van der Waals surface area contributed by atoms with Crippen molar-refractivity contribution in [1.29, 1.82) is 0 Å². The van der Waals surface area contributed by atoms with Crippen molar-refractivity contribution < 1.29 is 23.9 Å². The lowest BCUT2D eigenvalue weighted by molar-refractivity contribution is -0.145. The number of carbonyl (C=O) groups is 3. The molecule has 1 aromatic carbocycles. The summed E-state index contributed by atoms with van der Waals surface area (Å²) >= 11 is 3.47. The van der Waals surface area contributed by atoms with Crippen LogP contribution in [0, 0.1) is 0 Å². The monoisotopic (exact) mass is 465 g/mol. The van der Waals surface area contributed by atoms with E-state index in [2.05, 4.69) is 26.2 Å². The van der Waals surface area contributed by atoms with E-state index in [4.69, 9.17) is 9.47 Å². The van der Waals surface area contributed by atoms with E-state index in [0.717, 1.165) is 15.4 Å². The Kier molecular flexibility index (Phi) is 5.88. The number of nitrogens with zero attached hydrogens (tertiary/aromatic N) is 1. The van der Waals surface area contributed by atoms with Crippen molar-refractivity contribution in [1.82, 2.24) is 15.2 Å². The summed E-state index contributed by atoms with van der Waals surface area (Å²) in [5.74, 6) is -0.852. The van der Waals surface area contributed by atoms with E-state index in [1.807, 2.05) is 18.2 Å². The minimum atomic E-state index is -0.808.